The molecule has 0 spiro atoms. The number of benzene rings is 2. The molecule has 0 heterocycles. The van der Waals surface area contributed by atoms with E-state index in [0.29, 0.717) is 29.5 Å². The molecule has 0 amide bonds. The zero-order valence-electron chi connectivity index (χ0n) is 19.3. The molecule has 1 unspecified atom stereocenters. The highest BCUT2D eigenvalue weighted by Crippen LogP contribution is 2.34. The first-order valence-electron chi connectivity index (χ1n) is 10.5. The van der Waals surface area contributed by atoms with Gasteiger partial charge >= 0.3 is 0 Å². The van der Waals surface area contributed by atoms with Crippen LogP contribution in [0.1, 0.15) is 54.7 Å². The molecule has 2 rings (SSSR count). The van der Waals surface area contributed by atoms with Gasteiger partial charge in [-0.15, -0.1) is 0 Å². The van der Waals surface area contributed by atoms with Gasteiger partial charge in [0.2, 0.25) is 0 Å². The maximum atomic E-state index is 12.9. The van der Waals surface area contributed by atoms with Crippen LogP contribution in [-0.2, 0) is 19.3 Å². The summed E-state index contributed by atoms with van der Waals surface area (Å²) in [5.74, 6) is -0.873. The molecule has 0 aromatic heterocycles. The Balaban J connectivity index is 2.33. The number of carbonyl (C=O) groups is 1. The highest BCUT2D eigenvalue weighted by Gasteiger charge is 2.23. The molecule has 0 radical (unpaired) electrons. The molecular weight excluding hydrogens is 408 g/mol. The number of allylic oxidation sites excluding steroid dienone is 4. The number of phenolic OH excluding ortho intramolecular Hbond substituents is 3. The molecule has 4 N–H and O–H groups in total. The van der Waals surface area contributed by atoms with Gasteiger partial charge in [-0.25, -0.2) is 0 Å². The minimum atomic E-state index is -1.42. The zero-order chi connectivity index (χ0) is 24.0. The number of phenols is 3. The lowest BCUT2D eigenvalue weighted by atomic mass is 9.95. The Labute approximate surface area is 189 Å². The lowest BCUT2D eigenvalue weighted by Crippen LogP contribution is -2.23. The minimum absolute atomic E-state index is 0.0228. The van der Waals surface area contributed by atoms with Crippen LogP contribution < -0.4 is 4.74 Å². The number of Topliss-reactive ketones (excluding diaryl/α,β-unsaturated/α-hetero) is 1. The van der Waals surface area contributed by atoms with Crippen LogP contribution in [0.5, 0.6) is 23.0 Å². The number of methoxy groups -OCH3 is 1. The molecule has 172 valence electrons. The SMILES string of the molecule is COc1cc(CC(O)C(=O)c2cc(CC=C(C)C)c(O)cc2O)cc(CC=C(C)C)c1O. The van der Waals surface area contributed by atoms with E-state index in [9.17, 15) is 25.2 Å². The number of aromatic hydroxyl groups is 3. The second kappa shape index (κ2) is 10.9. The first-order valence-corrected chi connectivity index (χ1v) is 10.5. The van der Waals surface area contributed by atoms with E-state index < -0.39 is 11.9 Å². The van der Waals surface area contributed by atoms with E-state index in [-0.39, 0.29) is 35.0 Å². The summed E-state index contributed by atoms with van der Waals surface area (Å²) >= 11 is 0. The number of hydrogen-bond donors (Lipinski definition) is 4. The van der Waals surface area contributed by atoms with Crippen LogP contribution in [0.25, 0.3) is 0 Å². The van der Waals surface area contributed by atoms with Gasteiger partial charge < -0.3 is 25.2 Å². The van der Waals surface area contributed by atoms with E-state index in [1.165, 1.54) is 13.2 Å². The number of aliphatic hydroxyl groups is 1. The predicted molar refractivity (Wildman–Crippen MR) is 125 cm³/mol. The van der Waals surface area contributed by atoms with Crippen molar-refractivity contribution in [3.8, 4) is 23.0 Å². The van der Waals surface area contributed by atoms with Gasteiger partial charge in [0.05, 0.1) is 12.7 Å². The highest BCUT2D eigenvalue weighted by atomic mass is 16.5. The van der Waals surface area contributed by atoms with Crippen molar-refractivity contribution in [1.82, 2.24) is 0 Å². The zero-order valence-corrected chi connectivity index (χ0v) is 19.3. The summed E-state index contributed by atoms with van der Waals surface area (Å²) in [6, 6.07) is 5.84. The van der Waals surface area contributed by atoms with Gasteiger partial charge in [-0.3, -0.25) is 4.79 Å². The Morgan fingerprint density at radius 1 is 0.906 bits per heavy atom. The fourth-order valence-electron chi connectivity index (χ4n) is 3.26. The van der Waals surface area contributed by atoms with E-state index in [4.69, 9.17) is 4.74 Å². The van der Waals surface area contributed by atoms with Crippen LogP contribution >= 0.6 is 0 Å². The van der Waals surface area contributed by atoms with Gasteiger partial charge in [0.15, 0.2) is 17.3 Å². The van der Waals surface area contributed by atoms with Crippen LogP contribution in [0.2, 0.25) is 0 Å². The molecule has 0 aliphatic rings. The number of rotatable bonds is 9. The average molecular weight is 441 g/mol. The van der Waals surface area contributed by atoms with Crippen molar-refractivity contribution in [2.24, 2.45) is 0 Å². The largest absolute Gasteiger partial charge is 0.508 e. The molecule has 6 nitrogen and oxygen atoms in total. The third kappa shape index (κ3) is 6.37. The molecule has 2 aromatic carbocycles. The number of carbonyl (C=O) groups excluding carboxylic acids is 1. The fraction of sp³-hybridized carbons (Fsp3) is 0.346. The quantitative estimate of drug-likeness (QED) is 0.335. The van der Waals surface area contributed by atoms with Crippen molar-refractivity contribution < 1.29 is 30.0 Å². The molecule has 0 aliphatic carbocycles. The summed E-state index contributed by atoms with van der Waals surface area (Å²) in [6.45, 7) is 7.75. The molecule has 0 fully saturated rings. The predicted octanol–water partition coefficient (Wildman–Crippen LogP) is 4.62. The molecule has 2 aromatic rings. The molecule has 0 saturated heterocycles. The molecule has 32 heavy (non-hydrogen) atoms. The van der Waals surface area contributed by atoms with Crippen molar-refractivity contribution in [2.75, 3.05) is 7.11 Å². The third-order valence-corrected chi connectivity index (χ3v) is 5.09. The van der Waals surface area contributed by atoms with Gasteiger partial charge in [0.25, 0.3) is 0 Å². The molecule has 1 atom stereocenters. The number of ketones is 1. The van der Waals surface area contributed by atoms with E-state index in [2.05, 4.69) is 0 Å². The Kier molecular flexibility index (Phi) is 8.49. The number of aliphatic hydroxyl groups excluding tert-OH is 1. The maximum Gasteiger partial charge on any atom is 0.195 e. The first-order chi connectivity index (χ1) is 15.0. The van der Waals surface area contributed by atoms with E-state index in [0.717, 1.165) is 17.2 Å². The van der Waals surface area contributed by atoms with Crippen LogP contribution in [-0.4, -0.2) is 39.4 Å². The number of ether oxygens (including phenoxy) is 1. The summed E-state index contributed by atoms with van der Waals surface area (Å²) in [6.07, 6.45) is 3.28. The standard InChI is InChI=1S/C26H32O6/c1-15(2)6-8-18-13-20(22(28)14-21(18)27)26(31)23(29)11-17-10-19(9-7-16(3)4)25(30)24(12-17)32-5/h6-7,10,12-14,23,27-30H,8-9,11H2,1-5H3. The summed E-state index contributed by atoms with van der Waals surface area (Å²) in [5.41, 5.74) is 3.81. The number of hydrogen-bond acceptors (Lipinski definition) is 6. The lowest BCUT2D eigenvalue weighted by molar-refractivity contribution is 0.0744. The van der Waals surface area contributed by atoms with E-state index in [1.54, 1.807) is 12.1 Å². The Morgan fingerprint density at radius 2 is 1.50 bits per heavy atom. The van der Waals surface area contributed by atoms with Crippen LogP contribution in [0.3, 0.4) is 0 Å². The second-order valence-electron chi connectivity index (χ2n) is 8.36. The lowest BCUT2D eigenvalue weighted by Gasteiger charge is -2.15. The fourth-order valence-corrected chi connectivity index (χ4v) is 3.26. The monoisotopic (exact) mass is 440 g/mol. The van der Waals surface area contributed by atoms with Crippen molar-refractivity contribution in [3.63, 3.8) is 0 Å². The minimum Gasteiger partial charge on any atom is -0.508 e. The molecule has 0 aliphatic heterocycles. The van der Waals surface area contributed by atoms with Crippen LogP contribution in [0, 0.1) is 0 Å². The Bertz CT molecular complexity index is 1040. The van der Waals surface area contributed by atoms with Crippen molar-refractivity contribution in [2.45, 2.75) is 53.1 Å². The third-order valence-electron chi connectivity index (χ3n) is 5.09. The Morgan fingerprint density at radius 3 is 2.06 bits per heavy atom. The molecule has 0 saturated carbocycles. The van der Waals surface area contributed by atoms with Gasteiger partial charge in [-0.05, 0) is 63.8 Å². The summed E-state index contributed by atoms with van der Waals surface area (Å²) < 4.78 is 5.24. The molecule has 6 heteroatoms. The van der Waals surface area contributed by atoms with Gasteiger partial charge in [0, 0.05) is 18.1 Å². The average Bonchev–Trinajstić information content (AvgIpc) is 2.72. The van der Waals surface area contributed by atoms with E-state index in [1.807, 2.05) is 39.8 Å². The van der Waals surface area contributed by atoms with Crippen LogP contribution in [0.4, 0.5) is 0 Å². The summed E-state index contributed by atoms with van der Waals surface area (Å²) in [5, 5.41) is 41.3. The normalized spacial score (nSPS) is 11.6. The molecule has 0 bridgehead atoms. The smallest absolute Gasteiger partial charge is 0.195 e. The topological polar surface area (TPSA) is 107 Å². The molecular formula is C26H32O6. The van der Waals surface area contributed by atoms with E-state index >= 15 is 0 Å². The van der Waals surface area contributed by atoms with Crippen molar-refractivity contribution >= 4 is 5.78 Å². The van der Waals surface area contributed by atoms with Gasteiger partial charge in [-0.1, -0.05) is 29.4 Å². The van der Waals surface area contributed by atoms with Crippen LogP contribution in [0.15, 0.2) is 47.6 Å². The summed E-state index contributed by atoms with van der Waals surface area (Å²) in [7, 11) is 1.44. The summed E-state index contributed by atoms with van der Waals surface area (Å²) in [4.78, 5) is 12.9. The highest BCUT2D eigenvalue weighted by molar-refractivity contribution is 6.02. The van der Waals surface area contributed by atoms with Gasteiger partial charge in [-0.2, -0.15) is 0 Å². The second-order valence-corrected chi connectivity index (χ2v) is 8.36. The first kappa shape index (κ1) is 25.0. The Hall–Kier alpha value is -3.25. The van der Waals surface area contributed by atoms with Crippen molar-refractivity contribution in [1.29, 1.82) is 0 Å². The van der Waals surface area contributed by atoms with Gasteiger partial charge in [0.1, 0.15) is 17.6 Å². The maximum absolute atomic E-state index is 12.9. The van der Waals surface area contributed by atoms with Crippen molar-refractivity contribution in [3.05, 3.63) is 69.8 Å².